The van der Waals surface area contributed by atoms with Gasteiger partial charge in [0.2, 0.25) is 5.91 Å². The highest BCUT2D eigenvalue weighted by molar-refractivity contribution is 7.11. The summed E-state index contributed by atoms with van der Waals surface area (Å²) >= 11 is 1.74. The monoisotopic (exact) mass is 386 g/mol. The number of amides is 1. The molecule has 3 rings (SSSR count). The number of alkyl halides is 3. The summed E-state index contributed by atoms with van der Waals surface area (Å²) in [4.78, 5) is 21.4. The Kier molecular flexibility index (Phi) is 5.38. The van der Waals surface area contributed by atoms with E-state index in [0.717, 1.165) is 6.54 Å². The molecule has 2 aromatic heterocycles. The lowest BCUT2D eigenvalue weighted by atomic mass is 9.86. The van der Waals surface area contributed by atoms with Gasteiger partial charge in [0, 0.05) is 41.8 Å². The van der Waals surface area contributed by atoms with Crippen molar-refractivity contribution in [3.63, 3.8) is 0 Å². The van der Waals surface area contributed by atoms with E-state index in [9.17, 15) is 18.0 Å². The second-order valence-corrected chi connectivity index (χ2v) is 7.96. The number of halogens is 3. The minimum atomic E-state index is -4.43. The van der Waals surface area contributed by atoms with Crippen LogP contribution in [0.1, 0.15) is 22.6 Å². The van der Waals surface area contributed by atoms with Crippen molar-refractivity contribution in [2.75, 3.05) is 19.6 Å². The molecule has 1 aliphatic rings. The number of nitrogens with zero attached hydrogens (tertiary/aromatic N) is 3. The molecular formula is C17H21F3N4OS. The summed E-state index contributed by atoms with van der Waals surface area (Å²) in [6.07, 6.45) is 1.15. The lowest BCUT2D eigenvalue weighted by Gasteiger charge is -2.41. The Balaban J connectivity index is 1.70. The van der Waals surface area contributed by atoms with Crippen molar-refractivity contribution in [3.05, 3.63) is 40.6 Å². The predicted octanol–water partition coefficient (Wildman–Crippen LogP) is 2.92. The number of hydrogen-bond donors (Lipinski definition) is 1. The lowest BCUT2D eigenvalue weighted by molar-refractivity contribution is -0.145. The molecule has 1 N–H and O–H groups in total. The Labute approximate surface area is 153 Å². The zero-order valence-electron chi connectivity index (χ0n) is 14.4. The van der Waals surface area contributed by atoms with Gasteiger partial charge in [0.25, 0.3) is 0 Å². The summed E-state index contributed by atoms with van der Waals surface area (Å²) in [5.74, 6) is -0.598. The number of rotatable bonds is 5. The molecule has 0 radical (unpaired) electrons. The summed E-state index contributed by atoms with van der Waals surface area (Å²) in [6.45, 7) is 2.80. The molecule has 1 amide bonds. The first-order valence-corrected chi connectivity index (χ1v) is 9.21. The van der Waals surface area contributed by atoms with E-state index in [-0.39, 0.29) is 0 Å². The van der Waals surface area contributed by atoms with Crippen LogP contribution in [-0.4, -0.2) is 46.2 Å². The number of likely N-dealkylation sites (tertiary alicyclic amines) is 1. The van der Waals surface area contributed by atoms with Gasteiger partial charge in [-0.3, -0.25) is 9.69 Å². The van der Waals surface area contributed by atoms with Crippen LogP contribution in [-0.2, 0) is 16.9 Å². The number of nitrogens with one attached hydrogen (secondary N) is 1. The maximum atomic E-state index is 12.7. The summed E-state index contributed by atoms with van der Waals surface area (Å²) < 4.78 is 39.2. The largest absolute Gasteiger partial charge is 0.405 e. The van der Waals surface area contributed by atoms with Gasteiger partial charge in [0.15, 0.2) is 0 Å². The van der Waals surface area contributed by atoms with Gasteiger partial charge in [0.05, 0.1) is 6.33 Å². The minimum absolute atomic E-state index is 0.442. The Morgan fingerprint density at radius 3 is 2.62 bits per heavy atom. The van der Waals surface area contributed by atoms with Crippen LogP contribution >= 0.6 is 11.3 Å². The number of hydrogen-bond acceptors (Lipinski definition) is 4. The molecule has 142 valence electrons. The molecule has 0 aromatic carbocycles. The third kappa shape index (κ3) is 4.27. The van der Waals surface area contributed by atoms with E-state index >= 15 is 0 Å². The van der Waals surface area contributed by atoms with Gasteiger partial charge in [-0.25, -0.2) is 4.98 Å². The highest BCUT2D eigenvalue weighted by Crippen LogP contribution is 2.32. The van der Waals surface area contributed by atoms with E-state index in [4.69, 9.17) is 0 Å². The number of piperidine rings is 1. The number of aromatic nitrogens is 2. The molecule has 1 aliphatic heterocycles. The molecule has 2 aromatic rings. The fraction of sp³-hybridized carbons (Fsp3) is 0.529. The standard InChI is InChI=1S/C17H21F3N4OS/c1-13-2-3-14(26-13)10-23-7-4-16(5-8-23,24-9-6-21-12-24)15(25)22-11-17(18,19)20/h2-3,6,9,12H,4-5,7-8,10-11H2,1H3,(H,22,25). The Morgan fingerprint density at radius 1 is 1.35 bits per heavy atom. The van der Waals surface area contributed by atoms with Crippen molar-refractivity contribution in [1.82, 2.24) is 19.8 Å². The normalized spacial score (nSPS) is 18.0. The highest BCUT2D eigenvalue weighted by Gasteiger charge is 2.44. The van der Waals surface area contributed by atoms with Crippen LogP contribution in [0.2, 0.25) is 0 Å². The molecule has 0 atom stereocenters. The van der Waals surface area contributed by atoms with Gasteiger partial charge in [-0.05, 0) is 31.9 Å². The maximum Gasteiger partial charge on any atom is 0.405 e. The topological polar surface area (TPSA) is 50.2 Å². The summed E-state index contributed by atoms with van der Waals surface area (Å²) in [5, 5.41) is 2.06. The molecule has 0 saturated carbocycles. The van der Waals surface area contributed by atoms with Crippen LogP contribution in [0.4, 0.5) is 13.2 Å². The van der Waals surface area contributed by atoms with Crippen molar-refractivity contribution in [2.45, 2.75) is 38.0 Å². The first-order valence-electron chi connectivity index (χ1n) is 8.40. The quantitative estimate of drug-likeness (QED) is 0.860. The predicted molar refractivity (Wildman–Crippen MR) is 92.8 cm³/mol. The van der Waals surface area contributed by atoms with Gasteiger partial charge in [-0.2, -0.15) is 13.2 Å². The van der Waals surface area contributed by atoms with Crippen LogP contribution in [0.5, 0.6) is 0 Å². The average Bonchev–Trinajstić information content (AvgIpc) is 3.25. The summed E-state index contributed by atoms with van der Waals surface area (Å²) in [6, 6.07) is 4.16. The van der Waals surface area contributed by atoms with Crippen LogP contribution in [0.15, 0.2) is 30.9 Å². The highest BCUT2D eigenvalue weighted by atomic mass is 32.1. The minimum Gasteiger partial charge on any atom is -0.345 e. The average molecular weight is 386 g/mol. The molecule has 0 spiro atoms. The van der Waals surface area contributed by atoms with Gasteiger partial charge in [-0.15, -0.1) is 11.3 Å². The second-order valence-electron chi connectivity index (χ2n) is 6.59. The first kappa shape index (κ1) is 18.9. The Bertz CT molecular complexity index is 734. The SMILES string of the molecule is Cc1ccc(CN2CCC(C(=O)NCC(F)(F)F)(n3ccnc3)CC2)s1. The van der Waals surface area contributed by atoms with Crippen molar-refractivity contribution >= 4 is 17.2 Å². The van der Waals surface area contributed by atoms with E-state index in [0.29, 0.717) is 25.9 Å². The number of aryl methyl sites for hydroxylation is 1. The lowest BCUT2D eigenvalue weighted by Crippen LogP contribution is -2.55. The molecule has 1 fully saturated rings. The van der Waals surface area contributed by atoms with Gasteiger partial charge in [-0.1, -0.05) is 0 Å². The third-order valence-electron chi connectivity index (χ3n) is 4.73. The zero-order valence-corrected chi connectivity index (χ0v) is 15.2. The van der Waals surface area contributed by atoms with E-state index in [1.54, 1.807) is 28.3 Å². The Morgan fingerprint density at radius 2 is 2.08 bits per heavy atom. The molecule has 0 bridgehead atoms. The second kappa shape index (κ2) is 7.40. The fourth-order valence-corrected chi connectivity index (χ4v) is 4.26. The zero-order chi connectivity index (χ0) is 18.8. The fourth-order valence-electron chi connectivity index (χ4n) is 3.33. The van der Waals surface area contributed by atoms with Crippen LogP contribution in [0.3, 0.4) is 0 Å². The molecule has 26 heavy (non-hydrogen) atoms. The van der Waals surface area contributed by atoms with Crippen molar-refractivity contribution in [1.29, 1.82) is 0 Å². The first-order chi connectivity index (χ1) is 12.3. The van der Waals surface area contributed by atoms with Crippen molar-refractivity contribution in [2.24, 2.45) is 0 Å². The number of thiophene rings is 1. The van der Waals surface area contributed by atoms with E-state index in [1.165, 1.54) is 16.1 Å². The molecule has 3 heterocycles. The third-order valence-corrected chi connectivity index (χ3v) is 5.71. The van der Waals surface area contributed by atoms with Crippen LogP contribution in [0, 0.1) is 6.92 Å². The van der Waals surface area contributed by atoms with Gasteiger partial charge < -0.3 is 9.88 Å². The number of carbonyl (C=O) groups is 1. The van der Waals surface area contributed by atoms with Crippen LogP contribution in [0.25, 0.3) is 0 Å². The molecule has 9 heteroatoms. The molecule has 5 nitrogen and oxygen atoms in total. The van der Waals surface area contributed by atoms with Crippen molar-refractivity contribution in [3.8, 4) is 0 Å². The molecular weight excluding hydrogens is 365 g/mol. The van der Waals surface area contributed by atoms with E-state index in [2.05, 4.69) is 34.3 Å². The van der Waals surface area contributed by atoms with Crippen LogP contribution < -0.4 is 5.32 Å². The Hall–Kier alpha value is -1.87. The van der Waals surface area contributed by atoms with Gasteiger partial charge >= 0.3 is 6.18 Å². The maximum absolute atomic E-state index is 12.7. The number of imidazole rings is 1. The smallest absolute Gasteiger partial charge is 0.345 e. The number of carbonyl (C=O) groups excluding carboxylic acids is 1. The van der Waals surface area contributed by atoms with E-state index < -0.39 is 24.2 Å². The molecule has 1 saturated heterocycles. The van der Waals surface area contributed by atoms with E-state index in [1.807, 2.05) is 0 Å². The molecule has 0 aliphatic carbocycles. The van der Waals surface area contributed by atoms with Crippen molar-refractivity contribution < 1.29 is 18.0 Å². The molecule has 0 unspecified atom stereocenters. The summed E-state index contributed by atoms with van der Waals surface area (Å²) in [5.41, 5.74) is -1.02. The van der Waals surface area contributed by atoms with Gasteiger partial charge in [0.1, 0.15) is 12.1 Å². The summed E-state index contributed by atoms with van der Waals surface area (Å²) in [7, 11) is 0.